The van der Waals surface area contributed by atoms with Crippen molar-refractivity contribution in [2.45, 2.75) is 26.2 Å². The summed E-state index contributed by atoms with van der Waals surface area (Å²) in [7, 11) is -1.25. The molecule has 4 heteroatoms. The van der Waals surface area contributed by atoms with Crippen molar-refractivity contribution >= 4 is 23.9 Å². The van der Waals surface area contributed by atoms with E-state index in [1.165, 1.54) is 4.50 Å². The van der Waals surface area contributed by atoms with Gasteiger partial charge < -0.3 is 5.11 Å². The molecule has 0 unspecified atom stereocenters. The smallest absolute Gasteiger partial charge is 0.0930 e. The molecular formula is C7H13NOSSi. The lowest BCUT2D eigenvalue weighted by molar-refractivity contribution is 0.278. The minimum absolute atomic E-state index is 0.0864. The molecule has 0 fully saturated rings. The van der Waals surface area contributed by atoms with E-state index in [0.717, 1.165) is 5.69 Å². The third kappa shape index (κ3) is 1.88. The molecule has 0 aliphatic carbocycles. The number of thiazole rings is 1. The molecule has 0 amide bonds. The third-order valence-corrected chi connectivity index (χ3v) is 6.00. The van der Waals surface area contributed by atoms with Crippen molar-refractivity contribution in [1.82, 2.24) is 4.98 Å². The van der Waals surface area contributed by atoms with E-state index in [9.17, 15) is 0 Å². The summed E-state index contributed by atoms with van der Waals surface area (Å²) in [6, 6.07) is 0. The van der Waals surface area contributed by atoms with Gasteiger partial charge in [0.05, 0.1) is 25.9 Å². The first kappa shape index (κ1) is 8.90. The first-order chi connectivity index (χ1) is 5.05. The quantitative estimate of drug-likeness (QED) is 0.705. The number of aliphatic hydroxyl groups is 1. The minimum atomic E-state index is -1.25. The van der Waals surface area contributed by atoms with Gasteiger partial charge in [-0.15, -0.1) is 11.3 Å². The first-order valence-electron chi connectivity index (χ1n) is 3.59. The Morgan fingerprint density at radius 3 is 2.55 bits per heavy atom. The Kier molecular flexibility index (Phi) is 2.46. The van der Waals surface area contributed by atoms with Crippen LogP contribution in [-0.2, 0) is 6.61 Å². The molecule has 2 nitrogen and oxygen atoms in total. The molecule has 0 saturated heterocycles. The summed E-state index contributed by atoms with van der Waals surface area (Å²) >= 11 is 1.67. The molecule has 0 spiro atoms. The maximum absolute atomic E-state index is 8.94. The highest BCUT2D eigenvalue weighted by atomic mass is 32.1. The van der Waals surface area contributed by atoms with Crippen LogP contribution in [0.2, 0.25) is 19.6 Å². The largest absolute Gasteiger partial charge is 0.390 e. The molecule has 0 saturated carbocycles. The van der Waals surface area contributed by atoms with Crippen LogP contribution >= 0.6 is 11.3 Å². The van der Waals surface area contributed by atoms with Gasteiger partial charge in [-0.3, -0.25) is 0 Å². The molecule has 0 bridgehead atoms. The number of hydrogen-bond donors (Lipinski definition) is 1. The summed E-state index contributed by atoms with van der Waals surface area (Å²) in [5.41, 5.74) is 2.70. The van der Waals surface area contributed by atoms with E-state index in [1.807, 2.05) is 5.51 Å². The highest BCUT2D eigenvalue weighted by Gasteiger charge is 2.21. The summed E-state index contributed by atoms with van der Waals surface area (Å²) in [5.74, 6) is 0. The Hall–Kier alpha value is -0.193. The van der Waals surface area contributed by atoms with Crippen molar-refractivity contribution in [3.63, 3.8) is 0 Å². The summed E-state index contributed by atoms with van der Waals surface area (Å²) in [6.07, 6.45) is 0. The summed E-state index contributed by atoms with van der Waals surface area (Å²) in [6.45, 7) is 6.88. The van der Waals surface area contributed by atoms with E-state index in [4.69, 9.17) is 5.11 Å². The van der Waals surface area contributed by atoms with E-state index in [2.05, 4.69) is 24.6 Å². The molecule has 11 heavy (non-hydrogen) atoms. The SMILES string of the molecule is C[Si](C)(C)c1scnc1CO. The Morgan fingerprint density at radius 2 is 2.18 bits per heavy atom. The van der Waals surface area contributed by atoms with Gasteiger partial charge in [0.25, 0.3) is 0 Å². The van der Waals surface area contributed by atoms with Crippen LogP contribution in [0.5, 0.6) is 0 Å². The lowest BCUT2D eigenvalue weighted by atomic mass is 10.5. The van der Waals surface area contributed by atoms with Crippen LogP contribution < -0.4 is 4.50 Å². The fourth-order valence-corrected chi connectivity index (χ4v) is 4.11. The third-order valence-electron chi connectivity index (χ3n) is 1.47. The molecule has 0 atom stereocenters. The van der Waals surface area contributed by atoms with E-state index in [1.54, 1.807) is 11.3 Å². The van der Waals surface area contributed by atoms with E-state index in [0.29, 0.717) is 0 Å². The maximum Gasteiger partial charge on any atom is 0.0930 e. The average molecular weight is 187 g/mol. The summed E-state index contributed by atoms with van der Waals surface area (Å²) < 4.78 is 1.32. The number of hydrogen-bond acceptors (Lipinski definition) is 3. The van der Waals surface area contributed by atoms with Gasteiger partial charge in [0, 0.05) is 4.50 Å². The molecule has 1 aromatic heterocycles. The van der Waals surface area contributed by atoms with Crippen LogP contribution in [0, 0.1) is 0 Å². The molecule has 0 aliphatic rings. The number of rotatable bonds is 2. The number of aromatic nitrogens is 1. The fraction of sp³-hybridized carbons (Fsp3) is 0.571. The topological polar surface area (TPSA) is 33.1 Å². The first-order valence-corrected chi connectivity index (χ1v) is 7.97. The summed E-state index contributed by atoms with van der Waals surface area (Å²) in [5, 5.41) is 8.94. The van der Waals surface area contributed by atoms with E-state index < -0.39 is 8.07 Å². The van der Waals surface area contributed by atoms with Crippen LogP contribution in [0.15, 0.2) is 5.51 Å². The predicted molar refractivity (Wildman–Crippen MR) is 51.0 cm³/mol. The van der Waals surface area contributed by atoms with Gasteiger partial charge in [-0.2, -0.15) is 0 Å². The molecule has 62 valence electrons. The minimum Gasteiger partial charge on any atom is -0.390 e. The lowest BCUT2D eigenvalue weighted by Gasteiger charge is -2.14. The maximum atomic E-state index is 8.94. The second kappa shape index (κ2) is 3.04. The van der Waals surface area contributed by atoms with Gasteiger partial charge in [0.15, 0.2) is 0 Å². The zero-order chi connectivity index (χ0) is 8.48. The highest BCUT2D eigenvalue weighted by Crippen LogP contribution is 2.09. The van der Waals surface area contributed by atoms with Crippen molar-refractivity contribution < 1.29 is 5.11 Å². The average Bonchev–Trinajstić information content (AvgIpc) is 2.31. The van der Waals surface area contributed by atoms with Gasteiger partial charge >= 0.3 is 0 Å². The number of aliphatic hydroxyl groups excluding tert-OH is 1. The Bertz CT molecular complexity index is 241. The van der Waals surface area contributed by atoms with Crippen LogP contribution in [0.4, 0.5) is 0 Å². The monoisotopic (exact) mass is 187 g/mol. The highest BCUT2D eigenvalue weighted by molar-refractivity contribution is 7.25. The Balaban J connectivity index is 3.02. The molecule has 0 aromatic carbocycles. The molecule has 0 aliphatic heterocycles. The molecule has 1 N–H and O–H groups in total. The Labute approximate surface area is 71.9 Å². The van der Waals surface area contributed by atoms with Crippen molar-refractivity contribution in [3.05, 3.63) is 11.2 Å². The van der Waals surface area contributed by atoms with Crippen LogP contribution in [0.3, 0.4) is 0 Å². The normalized spacial score (nSPS) is 12.0. The van der Waals surface area contributed by atoms with Crippen molar-refractivity contribution in [1.29, 1.82) is 0 Å². The van der Waals surface area contributed by atoms with Gasteiger partial charge in [0.1, 0.15) is 0 Å². The second-order valence-electron chi connectivity index (χ2n) is 3.54. The molecule has 1 aromatic rings. The predicted octanol–water partition coefficient (Wildman–Crippen LogP) is 1.18. The fourth-order valence-electron chi connectivity index (χ4n) is 0.992. The summed E-state index contributed by atoms with van der Waals surface area (Å²) in [4.78, 5) is 4.10. The van der Waals surface area contributed by atoms with Crippen LogP contribution in [-0.4, -0.2) is 18.2 Å². The molecule has 0 radical (unpaired) electrons. The van der Waals surface area contributed by atoms with Gasteiger partial charge in [-0.1, -0.05) is 19.6 Å². The standard InChI is InChI=1S/C7H13NOSSi/c1-11(2,3)7-6(4-9)8-5-10-7/h5,9H,4H2,1-3H3. The zero-order valence-electron chi connectivity index (χ0n) is 7.09. The Morgan fingerprint density at radius 1 is 1.55 bits per heavy atom. The van der Waals surface area contributed by atoms with E-state index in [-0.39, 0.29) is 6.61 Å². The van der Waals surface area contributed by atoms with Crippen molar-refractivity contribution in [2.75, 3.05) is 0 Å². The molecular weight excluding hydrogens is 174 g/mol. The second-order valence-corrected chi connectivity index (χ2v) is 9.75. The van der Waals surface area contributed by atoms with Crippen LogP contribution in [0.1, 0.15) is 5.69 Å². The van der Waals surface area contributed by atoms with E-state index >= 15 is 0 Å². The van der Waals surface area contributed by atoms with Crippen molar-refractivity contribution in [2.24, 2.45) is 0 Å². The number of nitrogens with zero attached hydrogens (tertiary/aromatic N) is 1. The van der Waals surface area contributed by atoms with Gasteiger partial charge in [-0.05, 0) is 0 Å². The van der Waals surface area contributed by atoms with Gasteiger partial charge in [-0.25, -0.2) is 4.98 Å². The van der Waals surface area contributed by atoms with Crippen molar-refractivity contribution in [3.8, 4) is 0 Å². The zero-order valence-corrected chi connectivity index (χ0v) is 8.90. The van der Waals surface area contributed by atoms with Gasteiger partial charge in [0.2, 0.25) is 0 Å². The molecule has 1 heterocycles. The molecule has 1 rings (SSSR count). The lowest BCUT2D eigenvalue weighted by Crippen LogP contribution is -2.37. The van der Waals surface area contributed by atoms with Crippen LogP contribution in [0.25, 0.3) is 0 Å².